The number of hydrogen-bond acceptors (Lipinski definition) is 4. The smallest absolute Gasteiger partial charge is 0.323 e. The van der Waals surface area contributed by atoms with Crippen LogP contribution in [0.3, 0.4) is 0 Å². The van der Waals surface area contributed by atoms with Gasteiger partial charge in [-0.15, -0.1) is 0 Å². The molecule has 2 amide bonds. The number of fused-ring (bicyclic) bond motifs is 1. The lowest BCUT2D eigenvalue weighted by molar-refractivity contribution is -0.145. The molecular weight excluding hydrogens is 336 g/mol. The monoisotopic (exact) mass is 360 g/mol. The van der Waals surface area contributed by atoms with Gasteiger partial charge in [-0.3, -0.25) is 14.4 Å². The van der Waals surface area contributed by atoms with E-state index in [2.05, 4.69) is 0 Å². The predicted molar refractivity (Wildman–Crippen MR) is 94.0 cm³/mol. The first-order chi connectivity index (χ1) is 12.4. The van der Waals surface area contributed by atoms with Crippen molar-refractivity contribution in [1.29, 1.82) is 0 Å². The van der Waals surface area contributed by atoms with Crippen molar-refractivity contribution in [2.24, 2.45) is 0 Å². The van der Waals surface area contributed by atoms with Crippen molar-refractivity contribution < 1.29 is 24.2 Å². The molecule has 1 N–H and O–H groups in total. The first-order valence-electron chi connectivity index (χ1n) is 8.94. The first kappa shape index (κ1) is 18.4. The van der Waals surface area contributed by atoms with Gasteiger partial charge in [0.15, 0.2) is 0 Å². The highest BCUT2D eigenvalue weighted by Crippen LogP contribution is 2.23. The van der Waals surface area contributed by atoms with E-state index in [9.17, 15) is 14.4 Å². The molecule has 0 spiro atoms. The predicted octanol–water partition coefficient (Wildman–Crippen LogP) is 0.949. The number of aliphatic carboxylic acids is 1. The highest BCUT2D eigenvalue weighted by Gasteiger charge is 2.28. The summed E-state index contributed by atoms with van der Waals surface area (Å²) < 4.78 is 5.65. The fourth-order valence-electron chi connectivity index (χ4n) is 3.62. The Labute approximate surface area is 152 Å². The Hall–Kier alpha value is -2.41. The van der Waals surface area contributed by atoms with Crippen molar-refractivity contribution in [2.75, 3.05) is 32.8 Å². The van der Waals surface area contributed by atoms with Gasteiger partial charge in [-0.2, -0.15) is 0 Å². The molecule has 140 valence electrons. The fraction of sp³-hybridized carbons (Fsp3) is 0.526. The number of amides is 2. The van der Waals surface area contributed by atoms with E-state index in [-0.39, 0.29) is 31.0 Å². The van der Waals surface area contributed by atoms with Crippen LogP contribution in [0.5, 0.6) is 0 Å². The molecule has 1 aromatic rings. The first-order valence-corrected chi connectivity index (χ1v) is 8.94. The van der Waals surface area contributed by atoms with Crippen LogP contribution in [0.15, 0.2) is 18.2 Å². The number of rotatable bonds is 5. The van der Waals surface area contributed by atoms with Gasteiger partial charge in [0.1, 0.15) is 6.54 Å². The van der Waals surface area contributed by atoms with Gasteiger partial charge in [-0.05, 0) is 42.5 Å². The Balaban J connectivity index is 1.65. The Morgan fingerprint density at radius 3 is 2.77 bits per heavy atom. The normalized spacial score (nSPS) is 19.1. The highest BCUT2D eigenvalue weighted by atomic mass is 16.5. The Morgan fingerprint density at radius 2 is 2.04 bits per heavy atom. The third-order valence-electron chi connectivity index (χ3n) is 4.97. The van der Waals surface area contributed by atoms with Crippen LogP contribution >= 0.6 is 0 Å². The summed E-state index contributed by atoms with van der Waals surface area (Å²) in [7, 11) is 0. The average molecular weight is 360 g/mol. The zero-order chi connectivity index (χ0) is 18.7. The molecule has 0 saturated carbocycles. The van der Waals surface area contributed by atoms with Crippen LogP contribution in [0.1, 0.15) is 34.8 Å². The third kappa shape index (κ3) is 4.22. The molecule has 2 aliphatic rings. The quantitative estimate of drug-likeness (QED) is 0.845. The minimum atomic E-state index is -1.07. The van der Waals surface area contributed by atoms with Crippen molar-refractivity contribution >= 4 is 17.8 Å². The van der Waals surface area contributed by atoms with Crippen LogP contribution in [0.4, 0.5) is 0 Å². The molecular formula is C19H24N2O5. The summed E-state index contributed by atoms with van der Waals surface area (Å²) in [6.45, 7) is 2.34. The maximum atomic E-state index is 12.8. The van der Waals surface area contributed by atoms with Gasteiger partial charge in [0, 0.05) is 32.1 Å². The van der Waals surface area contributed by atoms with E-state index in [1.165, 1.54) is 23.0 Å². The minimum Gasteiger partial charge on any atom is -0.480 e. The number of carboxylic acid groups (broad SMARTS) is 1. The van der Waals surface area contributed by atoms with E-state index >= 15 is 0 Å². The lowest BCUT2D eigenvalue weighted by atomic mass is 10.1. The second-order valence-electron chi connectivity index (χ2n) is 6.87. The topological polar surface area (TPSA) is 87.2 Å². The van der Waals surface area contributed by atoms with Crippen LogP contribution in [0, 0.1) is 0 Å². The summed E-state index contributed by atoms with van der Waals surface area (Å²) in [6.07, 6.45) is 2.85. The Kier molecular flexibility index (Phi) is 5.56. The molecule has 0 aromatic heterocycles. The number of aryl methyl sites for hydroxylation is 2. The number of nitrogens with zero attached hydrogens (tertiary/aromatic N) is 2. The molecule has 7 heteroatoms. The molecule has 1 atom stereocenters. The molecule has 7 nitrogen and oxygen atoms in total. The molecule has 0 radical (unpaired) electrons. The number of hydrogen-bond donors (Lipinski definition) is 1. The van der Waals surface area contributed by atoms with Gasteiger partial charge in [0.05, 0.1) is 12.7 Å². The van der Waals surface area contributed by atoms with Gasteiger partial charge in [-0.1, -0.05) is 6.07 Å². The summed E-state index contributed by atoms with van der Waals surface area (Å²) in [5.74, 6) is -1.43. The van der Waals surface area contributed by atoms with Crippen molar-refractivity contribution in [1.82, 2.24) is 9.80 Å². The zero-order valence-electron chi connectivity index (χ0n) is 14.9. The third-order valence-corrected chi connectivity index (χ3v) is 4.97. The standard InChI is InChI=1S/C19H24N2O5/c1-13(22)21(12-18(23)24)11-17-10-20(7-8-26-17)19(25)16-6-5-14-3-2-4-15(14)9-16/h5-6,9,17H,2-4,7-8,10-12H2,1H3,(H,23,24). The lowest BCUT2D eigenvalue weighted by Crippen LogP contribution is -2.51. The molecule has 1 unspecified atom stereocenters. The molecule has 3 rings (SSSR count). The van der Waals surface area contributed by atoms with Crippen LogP contribution in [0.2, 0.25) is 0 Å². The van der Waals surface area contributed by atoms with E-state index in [1.807, 2.05) is 18.2 Å². The molecule has 26 heavy (non-hydrogen) atoms. The number of carbonyl (C=O) groups is 3. The van der Waals surface area contributed by atoms with Crippen molar-refractivity contribution in [2.45, 2.75) is 32.3 Å². The van der Waals surface area contributed by atoms with Crippen molar-refractivity contribution in [3.63, 3.8) is 0 Å². The van der Waals surface area contributed by atoms with E-state index in [4.69, 9.17) is 9.84 Å². The molecule has 1 aliphatic carbocycles. The van der Waals surface area contributed by atoms with Gasteiger partial charge in [-0.25, -0.2) is 0 Å². The summed E-state index contributed by atoms with van der Waals surface area (Å²) in [4.78, 5) is 38.3. The van der Waals surface area contributed by atoms with Crippen molar-refractivity contribution in [3.05, 3.63) is 34.9 Å². The van der Waals surface area contributed by atoms with E-state index in [1.54, 1.807) is 4.90 Å². The molecule has 0 bridgehead atoms. The number of carboxylic acids is 1. The van der Waals surface area contributed by atoms with E-state index < -0.39 is 5.97 Å². The van der Waals surface area contributed by atoms with E-state index in [0.29, 0.717) is 25.3 Å². The number of morpholine rings is 1. The SMILES string of the molecule is CC(=O)N(CC(=O)O)CC1CN(C(=O)c2ccc3c(c2)CCC3)CCO1. The number of benzene rings is 1. The van der Waals surface area contributed by atoms with Crippen LogP contribution < -0.4 is 0 Å². The van der Waals surface area contributed by atoms with Gasteiger partial charge >= 0.3 is 5.97 Å². The molecule has 1 fully saturated rings. The fourth-order valence-corrected chi connectivity index (χ4v) is 3.62. The largest absolute Gasteiger partial charge is 0.480 e. The minimum absolute atomic E-state index is 0.0411. The Bertz CT molecular complexity index is 718. The second-order valence-corrected chi connectivity index (χ2v) is 6.87. The maximum Gasteiger partial charge on any atom is 0.323 e. The lowest BCUT2D eigenvalue weighted by Gasteiger charge is -2.35. The summed E-state index contributed by atoms with van der Waals surface area (Å²) in [5, 5.41) is 8.93. The van der Waals surface area contributed by atoms with Crippen LogP contribution in [0.25, 0.3) is 0 Å². The average Bonchev–Trinajstić information content (AvgIpc) is 3.08. The summed E-state index contributed by atoms with van der Waals surface area (Å²) in [5.41, 5.74) is 3.26. The van der Waals surface area contributed by atoms with Crippen LogP contribution in [-0.4, -0.2) is 71.6 Å². The molecule has 1 heterocycles. The number of ether oxygens (including phenoxy) is 1. The van der Waals surface area contributed by atoms with Gasteiger partial charge in [0.2, 0.25) is 5.91 Å². The van der Waals surface area contributed by atoms with Gasteiger partial charge < -0.3 is 19.6 Å². The van der Waals surface area contributed by atoms with Crippen LogP contribution in [-0.2, 0) is 27.2 Å². The summed E-state index contributed by atoms with van der Waals surface area (Å²) in [6, 6.07) is 5.91. The molecule has 1 saturated heterocycles. The van der Waals surface area contributed by atoms with E-state index in [0.717, 1.165) is 19.3 Å². The molecule has 1 aliphatic heterocycles. The number of carbonyl (C=O) groups excluding carboxylic acids is 2. The highest BCUT2D eigenvalue weighted by molar-refractivity contribution is 5.94. The summed E-state index contributed by atoms with van der Waals surface area (Å²) >= 11 is 0. The molecule has 1 aromatic carbocycles. The zero-order valence-corrected chi connectivity index (χ0v) is 14.9. The maximum absolute atomic E-state index is 12.8. The van der Waals surface area contributed by atoms with Crippen molar-refractivity contribution in [3.8, 4) is 0 Å². The van der Waals surface area contributed by atoms with Gasteiger partial charge in [0.25, 0.3) is 5.91 Å². The second kappa shape index (κ2) is 7.86. The Morgan fingerprint density at radius 1 is 1.27 bits per heavy atom.